The van der Waals surface area contributed by atoms with Crippen LogP contribution < -0.4 is 0 Å². The minimum absolute atomic E-state index is 0.222. The van der Waals surface area contributed by atoms with E-state index >= 15 is 0 Å². The number of nitrogens with zero attached hydrogens (tertiary/aromatic N) is 2. The topological polar surface area (TPSA) is 46.3 Å². The molecule has 1 atom stereocenters. The minimum atomic E-state index is 0.222. The Morgan fingerprint density at radius 3 is 3.05 bits per heavy atom. The molecule has 1 aliphatic heterocycles. The molecule has 1 aromatic heterocycles. The highest BCUT2D eigenvalue weighted by Crippen LogP contribution is 2.19. The molecule has 2 aromatic rings. The van der Waals surface area contributed by atoms with Gasteiger partial charge in [0.25, 0.3) is 0 Å². The third-order valence-corrected chi connectivity index (χ3v) is 4.01. The van der Waals surface area contributed by atoms with Crippen LogP contribution in [0.5, 0.6) is 0 Å². The number of carbonyl (C=O) groups excluding carboxylic acids is 1. The number of para-hydroxylation sites is 2. The lowest BCUT2D eigenvalue weighted by Gasteiger charge is -2.33. The molecule has 0 N–H and O–H groups in total. The lowest BCUT2D eigenvalue weighted by molar-refractivity contribution is -0.134. The van der Waals surface area contributed by atoms with E-state index in [-0.39, 0.29) is 5.91 Å². The van der Waals surface area contributed by atoms with Crippen molar-refractivity contribution in [2.24, 2.45) is 0 Å². The number of likely N-dealkylation sites (tertiary alicyclic amines) is 1. The maximum absolute atomic E-state index is 12.3. The summed E-state index contributed by atoms with van der Waals surface area (Å²) in [5.41, 5.74) is 1.66. The standard InChI is InChI=1S/C16H20N2O2/c1-12-6-4-5-11-18(12)16(19)10-9-15-17-13-7-2-3-8-14(13)20-15/h2-3,7-8,12H,4-6,9-11H2,1H3/t12-/m0/s1. The van der Waals surface area contributed by atoms with Gasteiger partial charge in [-0.2, -0.15) is 0 Å². The first-order chi connectivity index (χ1) is 9.74. The van der Waals surface area contributed by atoms with Gasteiger partial charge in [0.1, 0.15) is 5.52 Å². The summed E-state index contributed by atoms with van der Waals surface area (Å²) in [6.45, 7) is 3.03. The van der Waals surface area contributed by atoms with Crippen molar-refractivity contribution in [3.05, 3.63) is 30.2 Å². The lowest BCUT2D eigenvalue weighted by atomic mass is 10.0. The zero-order chi connectivity index (χ0) is 13.9. The second-order valence-corrected chi connectivity index (χ2v) is 5.51. The van der Waals surface area contributed by atoms with Crippen molar-refractivity contribution in [1.82, 2.24) is 9.88 Å². The van der Waals surface area contributed by atoms with Crippen molar-refractivity contribution < 1.29 is 9.21 Å². The third-order valence-electron chi connectivity index (χ3n) is 4.01. The number of aryl methyl sites for hydroxylation is 1. The van der Waals surface area contributed by atoms with E-state index in [1.165, 1.54) is 6.42 Å². The number of aromatic nitrogens is 1. The summed E-state index contributed by atoms with van der Waals surface area (Å²) in [5, 5.41) is 0. The van der Waals surface area contributed by atoms with Crippen LogP contribution in [0.2, 0.25) is 0 Å². The van der Waals surface area contributed by atoms with Gasteiger partial charge in [-0.05, 0) is 38.3 Å². The molecule has 1 fully saturated rings. The Labute approximate surface area is 118 Å². The van der Waals surface area contributed by atoms with E-state index < -0.39 is 0 Å². The predicted octanol–water partition coefficient (Wildman–Crippen LogP) is 3.16. The van der Waals surface area contributed by atoms with E-state index in [0.717, 1.165) is 30.5 Å². The van der Waals surface area contributed by atoms with Gasteiger partial charge in [-0.25, -0.2) is 4.98 Å². The van der Waals surface area contributed by atoms with E-state index in [2.05, 4.69) is 11.9 Å². The molecule has 0 spiro atoms. The third kappa shape index (κ3) is 2.69. The zero-order valence-electron chi connectivity index (χ0n) is 11.8. The molecule has 0 unspecified atom stereocenters. The van der Waals surface area contributed by atoms with Gasteiger partial charge in [0.05, 0.1) is 0 Å². The van der Waals surface area contributed by atoms with Crippen molar-refractivity contribution >= 4 is 17.0 Å². The number of benzene rings is 1. The molecule has 0 bridgehead atoms. The Morgan fingerprint density at radius 2 is 2.25 bits per heavy atom. The monoisotopic (exact) mass is 272 g/mol. The molecule has 2 heterocycles. The molecule has 3 rings (SSSR count). The summed E-state index contributed by atoms with van der Waals surface area (Å²) in [7, 11) is 0. The van der Waals surface area contributed by atoms with Gasteiger partial charge in [0.2, 0.25) is 5.91 Å². The number of oxazole rings is 1. The molecule has 1 aromatic carbocycles. The van der Waals surface area contributed by atoms with Gasteiger partial charge in [-0.1, -0.05) is 12.1 Å². The second-order valence-electron chi connectivity index (χ2n) is 5.51. The van der Waals surface area contributed by atoms with Gasteiger partial charge in [-0.15, -0.1) is 0 Å². The number of hydrogen-bond donors (Lipinski definition) is 0. The highest BCUT2D eigenvalue weighted by Gasteiger charge is 2.23. The van der Waals surface area contributed by atoms with E-state index in [1.54, 1.807) is 0 Å². The van der Waals surface area contributed by atoms with Crippen LogP contribution in [0.25, 0.3) is 11.1 Å². The van der Waals surface area contributed by atoms with Crippen molar-refractivity contribution in [2.75, 3.05) is 6.54 Å². The highest BCUT2D eigenvalue weighted by molar-refractivity contribution is 5.77. The van der Waals surface area contributed by atoms with Gasteiger partial charge in [0, 0.05) is 25.4 Å². The predicted molar refractivity (Wildman–Crippen MR) is 77.4 cm³/mol. The fraction of sp³-hybridized carbons (Fsp3) is 0.500. The Bertz CT molecular complexity index is 572. The summed E-state index contributed by atoms with van der Waals surface area (Å²) in [4.78, 5) is 18.7. The molecule has 20 heavy (non-hydrogen) atoms. The number of carbonyl (C=O) groups is 1. The smallest absolute Gasteiger partial charge is 0.223 e. The molecule has 1 saturated heterocycles. The molecule has 0 saturated carbocycles. The van der Waals surface area contributed by atoms with E-state index in [0.29, 0.717) is 24.8 Å². The van der Waals surface area contributed by atoms with E-state index in [1.807, 2.05) is 29.2 Å². The van der Waals surface area contributed by atoms with Crippen molar-refractivity contribution in [3.63, 3.8) is 0 Å². The summed E-state index contributed by atoms with van der Waals surface area (Å²) in [6.07, 6.45) is 4.54. The van der Waals surface area contributed by atoms with E-state index in [4.69, 9.17) is 4.42 Å². The van der Waals surface area contributed by atoms with Crippen molar-refractivity contribution in [2.45, 2.75) is 45.1 Å². The molecule has 1 amide bonds. The average Bonchev–Trinajstić information content (AvgIpc) is 2.88. The van der Waals surface area contributed by atoms with Crippen LogP contribution >= 0.6 is 0 Å². The minimum Gasteiger partial charge on any atom is -0.441 e. The van der Waals surface area contributed by atoms with Crippen LogP contribution in [0.3, 0.4) is 0 Å². The molecular weight excluding hydrogens is 252 g/mol. The Hall–Kier alpha value is -1.84. The zero-order valence-corrected chi connectivity index (χ0v) is 11.8. The lowest BCUT2D eigenvalue weighted by Crippen LogP contribution is -2.42. The molecule has 106 valence electrons. The maximum atomic E-state index is 12.3. The largest absolute Gasteiger partial charge is 0.441 e. The fourth-order valence-electron chi connectivity index (χ4n) is 2.85. The first kappa shape index (κ1) is 13.2. The number of rotatable bonds is 3. The number of fused-ring (bicyclic) bond motifs is 1. The van der Waals surface area contributed by atoms with E-state index in [9.17, 15) is 4.79 Å². The highest BCUT2D eigenvalue weighted by atomic mass is 16.3. The van der Waals surface area contributed by atoms with Crippen LogP contribution in [0.15, 0.2) is 28.7 Å². The average molecular weight is 272 g/mol. The first-order valence-corrected chi connectivity index (χ1v) is 7.38. The van der Waals surface area contributed by atoms with Crippen LogP contribution in [-0.4, -0.2) is 28.4 Å². The van der Waals surface area contributed by atoms with Gasteiger partial charge in [-0.3, -0.25) is 4.79 Å². The second kappa shape index (κ2) is 5.65. The number of amides is 1. The van der Waals surface area contributed by atoms with Gasteiger partial charge in [0.15, 0.2) is 11.5 Å². The van der Waals surface area contributed by atoms with Gasteiger partial charge >= 0.3 is 0 Å². The molecule has 1 aliphatic rings. The summed E-state index contributed by atoms with van der Waals surface area (Å²) in [5.74, 6) is 0.878. The van der Waals surface area contributed by atoms with Crippen LogP contribution in [0, 0.1) is 0 Å². The van der Waals surface area contributed by atoms with Crippen molar-refractivity contribution in [1.29, 1.82) is 0 Å². The van der Waals surface area contributed by atoms with Crippen LogP contribution in [0.1, 0.15) is 38.5 Å². The number of piperidine rings is 1. The molecule has 4 heteroatoms. The molecular formula is C16H20N2O2. The number of hydrogen-bond acceptors (Lipinski definition) is 3. The molecule has 0 aliphatic carbocycles. The summed E-state index contributed by atoms with van der Waals surface area (Å²) in [6, 6.07) is 8.07. The van der Waals surface area contributed by atoms with Crippen molar-refractivity contribution in [3.8, 4) is 0 Å². The SMILES string of the molecule is C[C@H]1CCCCN1C(=O)CCc1nc2ccccc2o1. The fourth-order valence-corrected chi connectivity index (χ4v) is 2.85. The Morgan fingerprint density at radius 1 is 1.40 bits per heavy atom. The van der Waals surface area contributed by atoms with Gasteiger partial charge < -0.3 is 9.32 Å². The molecule has 4 nitrogen and oxygen atoms in total. The normalized spacial score (nSPS) is 19.4. The maximum Gasteiger partial charge on any atom is 0.223 e. The Balaban J connectivity index is 1.62. The first-order valence-electron chi connectivity index (χ1n) is 7.38. The van der Waals surface area contributed by atoms with Crippen LogP contribution in [-0.2, 0) is 11.2 Å². The summed E-state index contributed by atoms with van der Waals surface area (Å²) >= 11 is 0. The summed E-state index contributed by atoms with van der Waals surface area (Å²) < 4.78 is 5.65. The quantitative estimate of drug-likeness (QED) is 0.862. The molecule has 0 radical (unpaired) electrons. The Kier molecular flexibility index (Phi) is 3.72. The van der Waals surface area contributed by atoms with Crippen LogP contribution in [0.4, 0.5) is 0 Å².